The average molecular weight is 603 g/mol. The highest BCUT2D eigenvalue weighted by Gasteiger charge is 2.33. The molecule has 0 saturated heterocycles. The van der Waals surface area contributed by atoms with Crippen molar-refractivity contribution in [1.29, 1.82) is 0 Å². The maximum atomic E-state index is 14.2. The van der Waals surface area contributed by atoms with E-state index in [4.69, 9.17) is 16.3 Å². The molecule has 10 heteroatoms. The van der Waals surface area contributed by atoms with Crippen molar-refractivity contribution >= 4 is 38.9 Å². The second kappa shape index (κ2) is 12.3. The minimum atomic E-state index is -4.76. The minimum absolute atomic E-state index is 0.0144. The number of rotatable bonds is 8. The van der Waals surface area contributed by atoms with Gasteiger partial charge in [-0.05, 0) is 74.2 Å². The van der Waals surface area contributed by atoms with Gasteiger partial charge in [-0.3, -0.25) is 4.79 Å². The van der Waals surface area contributed by atoms with Gasteiger partial charge in [0.05, 0.1) is 12.1 Å². The molecule has 0 spiro atoms. The van der Waals surface area contributed by atoms with Gasteiger partial charge >= 0.3 is 6.36 Å². The molecule has 41 heavy (non-hydrogen) atoms. The molecule has 1 aromatic heterocycles. The molecule has 0 unspecified atom stereocenters. The number of amides is 1. The number of thiophene rings is 1. The number of nitrogens with one attached hydrogen (secondary N) is 1. The predicted molar refractivity (Wildman–Crippen MR) is 157 cm³/mol. The summed E-state index contributed by atoms with van der Waals surface area (Å²) < 4.78 is 48.5. The summed E-state index contributed by atoms with van der Waals surface area (Å²) in [6, 6.07) is 19.4. The molecule has 5 nitrogen and oxygen atoms in total. The second-order valence-electron chi connectivity index (χ2n) is 10.1. The summed E-state index contributed by atoms with van der Waals surface area (Å²) >= 11 is 8.14. The Kier molecular flexibility index (Phi) is 8.77. The zero-order chi connectivity index (χ0) is 29.1. The third-order valence-corrected chi connectivity index (χ3v) is 9.24. The van der Waals surface area contributed by atoms with E-state index in [0.29, 0.717) is 33.8 Å². The lowest BCUT2D eigenvalue weighted by Crippen LogP contribution is -2.44. The summed E-state index contributed by atoms with van der Waals surface area (Å²) in [4.78, 5) is 16.6. The Morgan fingerprint density at radius 3 is 2.34 bits per heavy atom. The summed E-state index contributed by atoms with van der Waals surface area (Å²) in [6.45, 7) is 0.296. The van der Waals surface area contributed by atoms with E-state index in [0.717, 1.165) is 46.9 Å². The molecule has 1 saturated carbocycles. The number of hydrogen-bond acceptors (Lipinski definition) is 5. The van der Waals surface area contributed by atoms with Gasteiger partial charge in [-0.2, -0.15) is 0 Å². The normalized spacial score (nSPS) is 17.4. The Bertz CT molecular complexity index is 1520. The van der Waals surface area contributed by atoms with Crippen LogP contribution in [0.3, 0.4) is 0 Å². The molecule has 0 aliphatic heterocycles. The SMILES string of the molecule is CNC1CCC(N(Cc2cc(-c3ccc(OC(F)(F)F)cc3)ccc2OC)C(=O)c2sc3ccccc3c2Cl)CC1. The summed E-state index contributed by atoms with van der Waals surface area (Å²) in [5.41, 5.74) is 2.29. The Labute approximate surface area is 245 Å². The van der Waals surface area contributed by atoms with E-state index in [1.54, 1.807) is 19.2 Å². The first kappa shape index (κ1) is 29.2. The van der Waals surface area contributed by atoms with Crippen molar-refractivity contribution in [3.8, 4) is 22.6 Å². The van der Waals surface area contributed by atoms with Crippen LogP contribution >= 0.6 is 22.9 Å². The Morgan fingerprint density at radius 1 is 1.02 bits per heavy atom. The van der Waals surface area contributed by atoms with Crippen molar-refractivity contribution in [2.75, 3.05) is 14.2 Å². The van der Waals surface area contributed by atoms with Crippen LogP contribution in [-0.4, -0.2) is 43.4 Å². The third-order valence-electron chi connectivity index (χ3n) is 7.58. The summed E-state index contributed by atoms with van der Waals surface area (Å²) in [6.07, 6.45) is -1.15. The highest BCUT2D eigenvalue weighted by molar-refractivity contribution is 7.21. The smallest absolute Gasteiger partial charge is 0.496 e. The van der Waals surface area contributed by atoms with Gasteiger partial charge in [0.25, 0.3) is 5.91 Å². The lowest BCUT2D eigenvalue weighted by atomic mass is 9.89. The lowest BCUT2D eigenvalue weighted by Gasteiger charge is -2.37. The van der Waals surface area contributed by atoms with Crippen LogP contribution in [-0.2, 0) is 6.54 Å². The van der Waals surface area contributed by atoms with Gasteiger partial charge in [-0.25, -0.2) is 0 Å². The molecular weight excluding hydrogens is 573 g/mol. The van der Waals surface area contributed by atoms with Crippen LogP contribution in [0.1, 0.15) is 40.9 Å². The molecule has 0 atom stereocenters. The fourth-order valence-electron chi connectivity index (χ4n) is 5.44. The number of carbonyl (C=O) groups is 1. The van der Waals surface area contributed by atoms with Crippen LogP contribution in [0.2, 0.25) is 5.02 Å². The molecule has 216 valence electrons. The number of halogens is 4. The van der Waals surface area contributed by atoms with Gasteiger partial charge in [0, 0.05) is 34.3 Å². The number of nitrogens with zero attached hydrogens (tertiary/aromatic N) is 1. The zero-order valence-electron chi connectivity index (χ0n) is 22.6. The third kappa shape index (κ3) is 6.63. The minimum Gasteiger partial charge on any atom is -0.496 e. The van der Waals surface area contributed by atoms with E-state index in [2.05, 4.69) is 10.1 Å². The van der Waals surface area contributed by atoms with Gasteiger partial charge < -0.3 is 19.7 Å². The van der Waals surface area contributed by atoms with E-state index >= 15 is 0 Å². The topological polar surface area (TPSA) is 50.8 Å². The number of benzene rings is 3. The van der Waals surface area contributed by atoms with Gasteiger partial charge in [-0.1, -0.05) is 48.0 Å². The van der Waals surface area contributed by atoms with Crippen LogP contribution in [0.5, 0.6) is 11.5 Å². The zero-order valence-corrected chi connectivity index (χ0v) is 24.2. The molecule has 0 bridgehead atoms. The van der Waals surface area contributed by atoms with Gasteiger partial charge in [-0.15, -0.1) is 24.5 Å². The number of methoxy groups -OCH3 is 1. The predicted octanol–water partition coefficient (Wildman–Crippen LogP) is 8.30. The van der Waals surface area contributed by atoms with Gasteiger partial charge in [0.15, 0.2) is 0 Å². The van der Waals surface area contributed by atoms with E-state index in [1.165, 1.54) is 23.5 Å². The van der Waals surface area contributed by atoms with Crippen molar-refractivity contribution in [3.05, 3.63) is 82.2 Å². The molecule has 1 N–H and O–H groups in total. The van der Waals surface area contributed by atoms with Crippen molar-refractivity contribution in [3.63, 3.8) is 0 Å². The molecule has 4 aromatic rings. The highest BCUT2D eigenvalue weighted by atomic mass is 35.5. The highest BCUT2D eigenvalue weighted by Crippen LogP contribution is 2.38. The van der Waals surface area contributed by atoms with E-state index in [-0.39, 0.29) is 17.7 Å². The second-order valence-corrected chi connectivity index (χ2v) is 11.5. The average Bonchev–Trinajstić information content (AvgIpc) is 3.31. The van der Waals surface area contributed by atoms with Crippen LogP contribution in [0, 0.1) is 0 Å². The van der Waals surface area contributed by atoms with Crippen molar-refractivity contribution in [2.24, 2.45) is 0 Å². The maximum Gasteiger partial charge on any atom is 0.573 e. The molecule has 1 heterocycles. The summed E-state index contributed by atoms with van der Waals surface area (Å²) in [5, 5.41) is 4.67. The van der Waals surface area contributed by atoms with E-state index in [1.807, 2.05) is 54.4 Å². The molecule has 1 aliphatic carbocycles. The molecule has 3 aromatic carbocycles. The van der Waals surface area contributed by atoms with Gasteiger partial charge in [0.2, 0.25) is 0 Å². The van der Waals surface area contributed by atoms with Crippen LogP contribution < -0.4 is 14.8 Å². The fourth-order valence-corrected chi connectivity index (χ4v) is 6.91. The number of alkyl halides is 3. The molecule has 0 radical (unpaired) electrons. The molecular formula is C31H30ClF3N2O3S. The standard InChI is InChI=1S/C31H30ClF3N2O3S/c1-36-22-10-12-23(13-11-22)37(30(38)29-28(32)25-5-3-4-6-27(25)41-29)18-21-17-20(9-16-26(21)39-2)19-7-14-24(15-8-19)40-31(33,34)35/h3-9,14-17,22-23,36H,10-13,18H2,1-2H3. The van der Waals surface area contributed by atoms with Gasteiger partial charge in [0.1, 0.15) is 16.4 Å². The lowest BCUT2D eigenvalue weighted by molar-refractivity contribution is -0.274. The largest absolute Gasteiger partial charge is 0.573 e. The Hall–Kier alpha value is -3.27. The first-order valence-electron chi connectivity index (χ1n) is 13.3. The first-order valence-corrected chi connectivity index (χ1v) is 14.5. The summed E-state index contributed by atoms with van der Waals surface area (Å²) in [7, 11) is 3.54. The number of fused-ring (bicyclic) bond motifs is 1. The van der Waals surface area contributed by atoms with Crippen molar-refractivity contribution < 1.29 is 27.4 Å². The monoisotopic (exact) mass is 602 g/mol. The Balaban J connectivity index is 1.48. The fraction of sp³-hybridized carbons (Fsp3) is 0.323. The number of carbonyl (C=O) groups excluding carboxylic acids is 1. The molecule has 1 aliphatic rings. The van der Waals surface area contributed by atoms with E-state index < -0.39 is 6.36 Å². The number of hydrogen-bond donors (Lipinski definition) is 1. The van der Waals surface area contributed by atoms with Crippen molar-refractivity contribution in [1.82, 2.24) is 10.2 Å². The van der Waals surface area contributed by atoms with Crippen LogP contribution in [0.25, 0.3) is 21.2 Å². The first-order chi connectivity index (χ1) is 19.7. The Morgan fingerprint density at radius 2 is 1.71 bits per heavy atom. The summed E-state index contributed by atoms with van der Waals surface area (Å²) in [5.74, 6) is 0.212. The number of ether oxygens (including phenoxy) is 2. The van der Waals surface area contributed by atoms with Crippen molar-refractivity contribution in [2.45, 2.75) is 50.7 Å². The maximum absolute atomic E-state index is 14.2. The van der Waals surface area contributed by atoms with Crippen LogP contribution in [0.15, 0.2) is 66.7 Å². The molecule has 1 fully saturated rings. The molecule has 5 rings (SSSR count). The quantitative estimate of drug-likeness (QED) is 0.220. The van der Waals surface area contributed by atoms with Crippen LogP contribution in [0.4, 0.5) is 13.2 Å². The van der Waals surface area contributed by atoms with E-state index in [9.17, 15) is 18.0 Å². The molecule has 1 amide bonds.